The topological polar surface area (TPSA) is 76.3 Å². The fourth-order valence-corrected chi connectivity index (χ4v) is 1.25. The number of hydrogen-bond donors (Lipinski definition) is 3. The van der Waals surface area contributed by atoms with E-state index >= 15 is 0 Å². The summed E-state index contributed by atoms with van der Waals surface area (Å²) in [6.45, 7) is 1.58. The zero-order chi connectivity index (χ0) is 12.9. The van der Waals surface area contributed by atoms with E-state index < -0.39 is 11.4 Å². The minimum Gasteiger partial charge on any atom is -0.394 e. The van der Waals surface area contributed by atoms with Gasteiger partial charge < -0.3 is 15.5 Å². The summed E-state index contributed by atoms with van der Waals surface area (Å²) in [5.41, 5.74) is -0.0867. The maximum atomic E-state index is 13.1. The maximum absolute atomic E-state index is 13.1. The Morgan fingerprint density at radius 2 is 2.06 bits per heavy atom. The highest BCUT2D eigenvalue weighted by Crippen LogP contribution is 2.11. The molecule has 1 aromatic rings. The molecule has 0 heterocycles. The van der Waals surface area contributed by atoms with Crippen molar-refractivity contribution >= 4 is 0 Å². The van der Waals surface area contributed by atoms with Crippen LogP contribution in [0.1, 0.15) is 18.1 Å². The predicted molar refractivity (Wildman–Crippen MR) is 60.5 cm³/mol. The zero-order valence-corrected chi connectivity index (χ0v) is 9.57. The Bertz CT molecular complexity index is 425. The van der Waals surface area contributed by atoms with E-state index in [-0.39, 0.29) is 18.8 Å². The smallest absolute Gasteiger partial charge is 0.140 e. The van der Waals surface area contributed by atoms with Crippen molar-refractivity contribution in [2.75, 3.05) is 13.2 Å². The minimum atomic E-state index is -0.790. The highest BCUT2D eigenvalue weighted by molar-refractivity contribution is 5.34. The number of halogens is 1. The van der Waals surface area contributed by atoms with E-state index in [1.54, 1.807) is 19.1 Å². The van der Waals surface area contributed by atoms with Crippen LogP contribution in [-0.2, 0) is 6.54 Å². The second-order valence-electron chi connectivity index (χ2n) is 4.16. The molecule has 0 saturated carbocycles. The number of hydrogen-bond acceptors (Lipinski definition) is 4. The Kier molecular flexibility index (Phi) is 4.58. The van der Waals surface area contributed by atoms with Crippen LogP contribution in [0.15, 0.2) is 18.2 Å². The summed E-state index contributed by atoms with van der Waals surface area (Å²) in [6.07, 6.45) is 0. The number of aliphatic hydroxyl groups excluding tert-OH is 2. The lowest BCUT2D eigenvalue weighted by Gasteiger charge is -2.26. The van der Waals surface area contributed by atoms with Crippen molar-refractivity contribution in [3.05, 3.63) is 35.1 Å². The third kappa shape index (κ3) is 3.49. The van der Waals surface area contributed by atoms with Gasteiger partial charge in [-0.25, -0.2) is 4.39 Å². The molecule has 0 saturated heterocycles. The second-order valence-corrected chi connectivity index (χ2v) is 4.16. The molecule has 0 aromatic heterocycles. The fourth-order valence-electron chi connectivity index (χ4n) is 1.25. The van der Waals surface area contributed by atoms with Gasteiger partial charge in [-0.1, -0.05) is 6.07 Å². The van der Waals surface area contributed by atoms with Crippen LogP contribution in [0.5, 0.6) is 0 Å². The van der Waals surface area contributed by atoms with Gasteiger partial charge in [0, 0.05) is 6.54 Å². The molecule has 92 valence electrons. The molecule has 0 aliphatic carbocycles. The third-order valence-electron chi connectivity index (χ3n) is 2.57. The average molecular weight is 238 g/mol. The summed E-state index contributed by atoms with van der Waals surface area (Å²) in [4.78, 5) is 0. The second kappa shape index (κ2) is 5.73. The number of nitriles is 1. The van der Waals surface area contributed by atoms with E-state index in [2.05, 4.69) is 5.32 Å². The van der Waals surface area contributed by atoms with Crippen LogP contribution in [0.2, 0.25) is 0 Å². The average Bonchev–Trinajstić information content (AvgIpc) is 2.37. The molecule has 0 amide bonds. The first-order chi connectivity index (χ1) is 8.04. The summed E-state index contributed by atoms with van der Waals surface area (Å²) in [5.74, 6) is -0.552. The van der Waals surface area contributed by atoms with Crippen molar-refractivity contribution in [2.45, 2.75) is 19.0 Å². The van der Waals surface area contributed by atoms with Crippen LogP contribution < -0.4 is 5.32 Å². The molecule has 1 rings (SSSR count). The van der Waals surface area contributed by atoms with Gasteiger partial charge in [-0.2, -0.15) is 5.26 Å². The van der Waals surface area contributed by atoms with Crippen molar-refractivity contribution in [3.8, 4) is 6.07 Å². The van der Waals surface area contributed by atoms with Crippen LogP contribution in [-0.4, -0.2) is 29.0 Å². The zero-order valence-electron chi connectivity index (χ0n) is 9.57. The number of benzene rings is 1. The minimum absolute atomic E-state index is 0.0148. The molecule has 5 heteroatoms. The van der Waals surface area contributed by atoms with Gasteiger partial charge in [0.1, 0.15) is 11.9 Å². The van der Waals surface area contributed by atoms with Gasteiger partial charge >= 0.3 is 0 Å². The predicted octanol–water partition coefficient (Wildman–Crippen LogP) is 0.530. The Hall–Kier alpha value is -1.48. The molecular weight excluding hydrogens is 223 g/mol. The van der Waals surface area contributed by atoms with Crippen molar-refractivity contribution in [2.24, 2.45) is 0 Å². The Labute approximate surface area is 99.3 Å². The summed E-state index contributed by atoms with van der Waals surface area (Å²) in [6, 6.07) is 5.98. The number of nitrogens with zero attached hydrogens (tertiary/aromatic N) is 1. The Morgan fingerprint density at radius 3 is 2.59 bits per heavy atom. The molecule has 0 aliphatic rings. The lowest BCUT2D eigenvalue weighted by Crippen LogP contribution is -2.48. The molecule has 0 bridgehead atoms. The Balaban J connectivity index is 2.74. The van der Waals surface area contributed by atoms with Gasteiger partial charge in [0.25, 0.3) is 0 Å². The summed E-state index contributed by atoms with van der Waals surface area (Å²) in [7, 11) is 0. The molecule has 3 N–H and O–H groups in total. The molecule has 0 spiro atoms. The van der Waals surface area contributed by atoms with E-state index in [9.17, 15) is 4.39 Å². The molecule has 0 unspecified atom stereocenters. The van der Waals surface area contributed by atoms with E-state index in [0.29, 0.717) is 6.54 Å². The lowest BCUT2D eigenvalue weighted by molar-refractivity contribution is 0.103. The lowest BCUT2D eigenvalue weighted by atomic mass is 10.0. The standard InChI is InChI=1S/C12H15FN2O2/c1-12(7-16,8-17)15-6-9-2-3-11(13)10(4-9)5-14/h2-4,15-17H,6-8H2,1H3. The molecule has 0 atom stereocenters. The highest BCUT2D eigenvalue weighted by Gasteiger charge is 2.21. The monoisotopic (exact) mass is 238 g/mol. The first-order valence-electron chi connectivity index (χ1n) is 5.20. The van der Waals surface area contributed by atoms with Crippen LogP contribution in [0.4, 0.5) is 4.39 Å². The van der Waals surface area contributed by atoms with Crippen LogP contribution in [0.3, 0.4) is 0 Å². The summed E-state index contributed by atoms with van der Waals surface area (Å²) in [5, 5.41) is 29.8. The molecule has 4 nitrogen and oxygen atoms in total. The third-order valence-corrected chi connectivity index (χ3v) is 2.57. The normalized spacial score (nSPS) is 11.2. The highest BCUT2D eigenvalue weighted by atomic mass is 19.1. The van der Waals surface area contributed by atoms with Gasteiger partial charge in [0.05, 0.1) is 24.3 Å². The first-order valence-corrected chi connectivity index (χ1v) is 5.20. The van der Waals surface area contributed by atoms with Gasteiger partial charge in [-0.3, -0.25) is 0 Å². The van der Waals surface area contributed by atoms with Crippen molar-refractivity contribution < 1.29 is 14.6 Å². The van der Waals surface area contributed by atoms with E-state index in [4.69, 9.17) is 15.5 Å². The van der Waals surface area contributed by atoms with E-state index in [1.807, 2.05) is 0 Å². The number of nitrogens with one attached hydrogen (secondary N) is 1. The number of rotatable bonds is 5. The molecule has 0 radical (unpaired) electrons. The SMILES string of the molecule is CC(CO)(CO)NCc1ccc(F)c(C#N)c1. The largest absolute Gasteiger partial charge is 0.394 e. The van der Waals surface area contributed by atoms with E-state index in [0.717, 1.165) is 5.56 Å². The van der Waals surface area contributed by atoms with Gasteiger partial charge in [0.15, 0.2) is 0 Å². The van der Waals surface area contributed by atoms with Crippen molar-refractivity contribution in [1.82, 2.24) is 5.32 Å². The summed E-state index contributed by atoms with van der Waals surface area (Å²) >= 11 is 0. The molecule has 0 fully saturated rings. The molecular formula is C12H15FN2O2. The van der Waals surface area contributed by atoms with Crippen molar-refractivity contribution in [3.63, 3.8) is 0 Å². The number of aliphatic hydroxyl groups is 2. The summed E-state index contributed by atoms with van der Waals surface area (Å²) < 4.78 is 13.1. The van der Waals surface area contributed by atoms with Crippen LogP contribution >= 0.6 is 0 Å². The van der Waals surface area contributed by atoms with Crippen molar-refractivity contribution in [1.29, 1.82) is 5.26 Å². The Morgan fingerprint density at radius 1 is 1.41 bits per heavy atom. The fraction of sp³-hybridized carbons (Fsp3) is 0.417. The molecule has 0 aliphatic heterocycles. The van der Waals surface area contributed by atoms with Crippen LogP contribution in [0, 0.1) is 17.1 Å². The maximum Gasteiger partial charge on any atom is 0.140 e. The van der Waals surface area contributed by atoms with Gasteiger partial charge in [-0.15, -0.1) is 0 Å². The first kappa shape index (κ1) is 13.6. The van der Waals surface area contributed by atoms with Gasteiger partial charge in [0.2, 0.25) is 0 Å². The van der Waals surface area contributed by atoms with Crippen LogP contribution in [0.25, 0.3) is 0 Å². The molecule has 17 heavy (non-hydrogen) atoms. The quantitative estimate of drug-likeness (QED) is 0.699. The molecule has 1 aromatic carbocycles. The van der Waals surface area contributed by atoms with E-state index in [1.165, 1.54) is 12.1 Å². The van der Waals surface area contributed by atoms with Gasteiger partial charge in [-0.05, 0) is 24.6 Å².